The third-order valence-electron chi connectivity index (χ3n) is 6.21. The number of amides is 2. The van der Waals surface area contributed by atoms with Crippen LogP contribution in [0, 0.1) is 0 Å². The second-order valence-electron chi connectivity index (χ2n) is 11.6. The Balaban J connectivity index is 1.83. The van der Waals surface area contributed by atoms with Gasteiger partial charge in [0.05, 0.1) is 6.04 Å². The highest BCUT2D eigenvalue weighted by atomic mass is 16.6. The molecule has 2 amide bonds. The largest absolute Gasteiger partial charge is 0.460 e. The Labute approximate surface area is 209 Å². The first-order chi connectivity index (χ1) is 16.4. The van der Waals surface area contributed by atoms with Crippen molar-refractivity contribution in [1.82, 2.24) is 15.1 Å². The van der Waals surface area contributed by atoms with Gasteiger partial charge in [-0.3, -0.25) is 14.5 Å². The minimum atomic E-state index is -0.666. The summed E-state index contributed by atoms with van der Waals surface area (Å²) < 4.78 is 11.3. The van der Waals surface area contributed by atoms with Crippen molar-refractivity contribution in [3.63, 3.8) is 0 Å². The number of benzene rings is 1. The fourth-order valence-corrected chi connectivity index (χ4v) is 4.86. The lowest BCUT2D eigenvalue weighted by molar-refractivity contribution is -0.152. The van der Waals surface area contributed by atoms with E-state index in [1.54, 1.807) is 4.90 Å². The number of ether oxygens (including phenoxy) is 2. The molecule has 2 heterocycles. The van der Waals surface area contributed by atoms with Crippen LogP contribution in [0.25, 0.3) is 0 Å². The molecule has 2 fully saturated rings. The second kappa shape index (κ2) is 11.0. The zero-order valence-electron chi connectivity index (χ0n) is 22.0. The molecule has 3 rings (SSSR count). The van der Waals surface area contributed by atoms with Crippen LogP contribution in [0.1, 0.15) is 72.8 Å². The Morgan fingerprint density at radius 2 is 1.66 bits per heavy atom. The Morgan fingerprint density at radius 1 is 1.00 bits per heavy atom. The molecule has 1 aromatic carbocycles. The van der Waals surface area contributed by atoms with Gasteiger partial charge >= 0.3 is 12.1 Å². The molecule has 0 aliphatic carbocycles. The number of carbonyl (C=O) groups is 3. The van der Waals surface area contributed by atoms with Crippen LogP contribution in [0.15, 0.2) is 30.3 Å². The SMILES string of the molecule is CC(C)(C)NC(=O)C([C@@H]1CCCN1C(=O)OC(C)(C)C)N1CCC[C@H]1C(=O)OCc1ccccc1. The maximum absolute atomic E-state index is 13.7. The van der Waals surface area contributed by atoms with Gasteiger partial charge in [0.2, 0.25) is 5.91 Å². The fourth-order valence-electron chi connectivity index (χ4n) is 4.86. The van der Waals surface area contributed by atoms with Gasteiger partial charge in [0, 0.05) is 12.1 Å². The Kier molecular flexibility index (Phi) is 8.46. The number of carbonyl (C=O) groups excluding carboxylic acids is 3. The van der Waals surface area contributed by atoms with Crippen molar-refractivity contribution in [2.24, 2.45) is 0 Å². The normalized spacial score (nSPS) is 22.1. The van der Waals surface area contributed by atoms with Crippen molar-refractivity contribution >= 4 is 18.0 Å². The van der Waals surface area contributed by atoms with Crippen LogP contribution < -0.4 is 5.32 Å². The lowest BCUT2D eigenvalue weighted by Crippen LogP contribution is -2.62. The summed E-state index contributed by atoms with van der Waals surface area (Å²) in [4.78, 5) is 43.5. The average Bonchev–Trinajstić information content (AvgIpc) is 3.41. The molecule has 0 aromatic heterocycles. The predicted octanol–water partition coefficient (Wildman–Crippen LogP) is 3.88. The molecule has 1 aromatic rings. The van der Waals surface area contributed by atoms with Gasteiger partial charge in [-0.1, -0.05) is 30.3 Å². The first kappa shape index (κ1) is 27.0. The third-order valence-corrected chi connectivity index (χ3v) is 6.21. The molecule has 3 atom stereocenters. The van der Waals surface area contributed by atoms with E-state index in [-0.39, 0.29) is 24.5 Å². The van der Waals surface area contributed by atoms with Gasteiger partial charge in [0.25, 0.3) is 0 Å². The first-order valence-electron chi connectivity index (χ1n) is 12.6. The highest BCUT2D eigenvalue weighted by Crippen LogP contribution is 2.31. The molecule has 0 spiro atoms. The number of likely N-dealkylation sites (tertiary alicyclic amines) is 2. The monoisotopic (exact) mass is 487 g/mol. The second-order valence-corrected chi connectivity index (χ2v) is 11.6. The van der Waals surface area contributed by atoms with Crippen LogP contribution in [-0.2, 0) is 25.7 Å². The molecular formula is C27H41N3O5. The highest BCUT2D eigenvalue weighted by Gasteiger charge is 2.48. The van der Waals surface area contributed by atoms with Crippen molar-refractivity contribution in [3.05, 3.63) is 35.9 Å². The van der Waals surface area contributed by atoms with Crippen LogP contribution in [0.5, 0.6) is 0 Å². The number of esters is 1. The number of rotatable bonds is 6. The molecule has 8 heteroatoms. The smallest absolute Gasteiger partial charge is 0.410 e. The summed E-state index contributed by atoms with van der Waals surface area (Å²) in [6.45, 7) is 12.6. The van der Waals surface area contributed by atoms with Crippen molar-refractivity contribution in [2.45, 2.75) is 103 Å². The number of nitrogens with zero attached hydrogens (tertiary/aromatic N) is 2. The maximum Gasteiger partial charge on any atom is 0.410 e. The van der Waals surface area contributed by atoms with Crippen LogP contribution in [-0.4, -0.2) is 70.1 Å². The van der Waals surface area contributed by atoms with Gasteiger partial charge < -0.3 is 19.7 Å². The molecule has 1 N–H and O–H groups in total. The minimum absolute atomic E-state index is 0.180. The van der Waals surface area contributed by atoms with Gasteiger partial charge in [-0.15, -0.1) is 0 Å². The Hall–Kier alpha value is -2.61. The van der Waals surface area contributed by atoms with Gasteiger partial charge in [0.1, 0.15) is 24.3 Å². The number of hydrogen-bond acceptors (Lipinski definition) is 6. The summed E-state index contributed by atoms with van der Waals surface area (Å²) in [5, 5.41) is 3.09. The summed E-state index contributed by atoms with van der Waals surface area (Å²) in [6.07, 6.45) is 2.43. The minimum Gasteiger partial charge on any atom is -0.460 e. The van der Waals surface area contributed by atoms with Crippen LogP contribution in [0.3, 0.4) is 0 Å². The van der Waals surface area contributed by atoms with E-state index in [0.717, 1.165) is 18.4 Å². The van der Waals surface area contributed by atoms with E-state index >= 15 is 0 Å². The quantitative estimate of drug-likeness (QED) is 0.613. The summed E-state index contributed by atoms with van der Waals surface area (Å²) in [6, 6.07) is 7.98. The van der Waals surface area contributed by atoms with E-state index < -0.39 is 29.3 Å². The summed E-state index contributed by atoms with van der Waals surface area (Å²) in [7, 11) is 0. The molecule has 2 aliphatic heterocycles. The Bertz CT molecular complexity index is 890. The van der Waals surface area contributed by atoms with Crippen molar-refractivity contribution in [3.8, 4) is 0 Å². The molecule has 0 bridgehead atoms. The van der Waals surface area contributed by atoms with E-state index in [2.05, 4.69) is 5.32 Å². The topological polar surface area (TPSA) is 88.2 Å². The fraction of sp³-hybridized carbons (Fsp3) is 0.667. The molecule has 0 radical (unpaired) electrons. The molecule has 0 saturated carbocycles. The summed E-state index contributed by atoms with van der Waals surface area (Å²) in [5.41, 5.74) is -0.169. The molecular weight excluding hydrogens is 446 g/mol. The zero-order valence-corrected chi connectivity index (χ0v) is 22.0. The van der Waals surface area contributed by atoms with Crippen LogP contribution in [0.2, 0.25) is 0 Å². The van der Waals surface area contributed by atoms with Gasteiger partial charge in [-0.25, -0.2) is 4.79 Å². The molecule has 194 valence electrons. The van der Waals surface area contributed by atoms with Crippen molar-refractivity contribution in [2.75, 3.05) is 13.1 Å². The predicted molar refractivity (Wildman–Crippen MR) is 134 cm³/mol. The van der Waals surface area contributed by atoms with E-state index in [1.807, 2.05) is 76.8 Å². The lowest BCUT2D eigenvalue weighted by atomic mass is 9.99. The van der Waals surface area contributed by atoms with E-state index in [0.29, 0.717) is 25.9 Å². The van der Waals surface area contributed by atoms with Crippen molar-refractivity contribution < 1.29 is 23.9 Å². The zero-order chi connectivity index (χ0) is 25.8. The number of nitrogens with one attached hydrogen (secondary N) is 1. The first-order valence-corrected chi connectivity index (χ1v) is 12.6. The van der Waals surface area contributed by atoms with Gasteiger partial charge in [-0.2, -0.15) is 0 Å². The molecule has 35 heavy (non-hydrogen) atoms. The molecule has 8 nitrogen and oxygen atoms in total. The average molecular weight is 488 g/mol. The maximum atomic E-state index is 13.7. The van der Waals surface area contributed by atoms with E-state index in [9.17, 15) is 14.4 Å². The molecule has 2 saturated heterocycles. The van der Waals surface area contributed by atoms with Gasteiger partial charge in [-0.05, 0) is 79.3 Å². The van der Waals surface area contributed by atoms with E-state index in [4.69, 9.17) is 9.47 Å². The third kappa shape index (κ3) is 7.43. The highest BCUT2D eigenvalue weighted by molar-refractivity contribution is 5.86. The van der Waals surface area contributed by atoms with E-state index in [1.165, 1.54) is 0 Å². The van der Waals surface area contributed by atoms with Gasteiger partial charge in [0.15, 0.2) is 0 Å². The van der Waals surface area contributed by atoms with Crippen LogP contribution in [0.4, 0.5) is 4.79 Å². The number of hydrogen-bond donors (Lipinski definition) is 1. The summed E-state index contributed by atoms with van der Waals surface area (Å²) in [5.74, 6) is -0.512. The van der Waals surface area contributed by atoms with Crippen LogP contribution >= 0.6 is 0 Å². The van der Waals surface area contributed by atoms with Crippen molar-refractivity contribution in [1.29, 1.82) is 0 Å². The summed E-state index contributed by atoms with van der Waals surface area (Å²) >= 11 is 0. The Morgan fingerprint density at radius 3 is 2.29 bits per heavy atom. The standard InChI is InChI=1S/C27H41N3O5/c1-26(2,3)28-23(31)22(20-14-10-17-30(20)25(33)35-27(4,5)6)29-16-11-15-21(29)24(32)34-18-19-12-8-7-9-13-19/h7-9,12-13,20-22H,10-11,14-18H2,1-6H3,(H,28,31)/t20-,21-,22?/m0/s1. The molecule has 1 unspecified atom stereocenters. The lowest BCUT2D eigenvalue weighted by Gasteiger charge is -2.40. The molecule has 2 aliphatic rings.